The van der Waals surface area contributed by atoms with Gasteiger partial charge in [0.1, 0.15) is 0 Å². The quantitative estimate of drug-likeness (QED) is 0.650. The maximum Gasteiger partial charge on any atom is 0.231 e. The van der Waals surface area contributed by atoms with Crippen LogP contribution in [-0.2, 0) is 11.2 Å². The zero-order valence-electron chi connectivity index (χ0n) is 7.54. The summed E-state index contributed by atoms with van der Waals surface area (Å²) in [5.41, 5.74) is 2.38. The van der Waals surface area contributed by atoms with Crippen molar-refractivity contribution in [2.24, 2.45) is 0 Å². The third kappa shape index (κ3) is 1.21. The fourth-order valence-electron chi connectivity index (χ4n) is 1.55. The molecule has 1 aliphatic heterocycles. The standard InChI is InChI=1S/C10H7BrN2O/c1-12-8-5-9-6(3-7(8)11)4-10(14)13(9)2/h3,5H,4H2,2H3. The van der Waals surface area contributed by atoms with Gasteiger partial charge in [0.25, 0.3) is 0 Å². The van der Waals surface area contributed by atoms with Crippen LogP contribution >= 0.6 is 15.9 Å². The first kappa shape index (κ1) is 9.22. The minimum atomic E-state index is 0.0778. The molecule has 1 amide bonds. The van der Waals surface area contributed by atoms with Crippen LogP contribution in [0.3, 0.4) is 0 Å². The van der Waals surface area contributed by atoms with Gasteiger partial charge in [-0.05, 0) is 11.6 Å². The summed E-state index contributed by atoms with van der Waals surface area (Å²) in [5.74, 6) is 0.0778. The van der Waals surface area contributed by atoms with Crippen molar-refractivity contribution in [3.8, 4) is 0 Å². The van der Waals surface area contributed by atoms with Gasteiger partial charge in [-0.1, -0.05) is 22.0 Å². The number of carbonyl (C=O) groups excluding carboxylic acids is 1. The smallest absolute Gasteiger partial charge is 0.231 e. The normalized spacial score (nSPS) is 14.1. The topological polar surface area (TPSA) is 24.7 Å². The van der Waals surface area contributed by atoms with Crippen LogP contribution in [0.4, 0.5) is 11.4 Å². The van der Waals surface area contributed by atoms with Crippen molar-refractivity contribution in [2.75, 3.05) is 11.9 Å². The van der Waals surface area contributed by atoms with Crippen molar-refractivity contribution in [3.63, 3.8) is 0 Å². The summed E-state index contributed by atoms with van der Waals surface area (Å²) in [4.78, 5) is 16.3. The molecule has 0 N–H and O–H groups in total. The first-order chi connectivity index (χ1) is 6.63. The van der Waals surface area contributed by atoms with Crippen molar-refractivity contribution in [3.05, 3.63) is 33.6 Å². The van der Waals surface area contributed by atoms with Gasteiger partial charge in [0.05, 0.1) is 13.0 Å². The molecule has 0 spiro atoms. The summed E-state index contributed by atoms with van der Waals surface area (Å²) >= 11 is 3.31. The van der Waals surface area contributed by atoms with Crippen LogP contribution in [0, 0.1) is 6.57 Å². The fraction of sp³-hybridized carbons (Fsp3) is 0.200. The second-order valence-corrected chi connectivity index (χ2v) is 4.03. The molecule has 0 aromatic heterocycles. The highest BCUT2D eigenvalue weighted by atomic mass is 79.9. The summed E-state index contributed by atoms with van der Waals surface area (Å²) in [6.45, 7) is 6.95. The number of anilines is 1. The molecule has 1 aromatic rings. The number of benzene rings is 1. The van der Waals surface area contributed by atoms with E-state index in [1.165, 1.54) is 0 Å². The number of halogens is 1. The molecule has 0 saturated heterocycles. The molecule has 0 fully saturated rings. The number of carbonyl (C=O) groups is 1. The molecule has 0 aliphatic carbocycles. The Morgan fingerprint density at radius 2 is 2.29 bits per heavy atom. The van der Waals surface area contributed by atoms with E-state index in [0.717, 1.165) is 15.7 Å². The van der Waals surface area contributed by atoms with Crippen LogP contribution < -0.4 is 4.90 Å². The van der Waals surface area contributed by atoms with E-state index in [0.29, 0.717) is 12.1 Å². The van der Waals surface area contributed by atoms with Gasteiger partial charge in [0, 0.05) is 17.2 Å². The first-order valence-corrected chi connectivity index (χ1v) is 4.89. The number of likely N-dealkylation sites (N-methyl/N-ethyl adjacent to an activating group) is 1. The largest absolute Gasteiger partial charge is 0.316 e. The average molecular weight is 251 g/mol. The van der Waals surface area contributed by atoms with Gasteiger partial charge < -0.3 is 4.90 Å². The zero-order chi connectivity index (χ0) is 10.3. The predicted molar refractivity (Wildman–Crippen MR) is 57.5 cm³/mol. The Kier molecular flexibility index (Phi) is 2.05. The van der Waals surface area contributed by atoms with E-state index in [2.05, 4.69) is 20.8 Å². The summed E-state index contributed by atoms with van der Waals surface area (Å²) in [6, 6.07) is 3.60. The summed E-state index contributed by atoms with van der Waals surface area (Å²) in [5, 5.41) is 0. The van der Waals surface area contributed by atoms with Crippen molar-refractivity contribution in [1.82, 2.24) is 0 Å². The number of hydrogen-bond donors (Lipinski definition) is 0. The molecule has 0 saturated carbocycles. The lowest BCUT2D eigenvalue weighted by Crippen LogP contribution is -2.20. The Morgan fingerprint density at radius 1 is 1.57 bits per heavy atom. The third-order valence-electron chi connectivity index (χ3n) is 2.35. The maximum absolute atomic E-state index is 11.4. The van der Waals surface area contributed by atoms with Crippen LogP contribution in [0.5, 0.6) is 0 Å². The van der Waals surface area contributed by atoms with E-state index >= 15 is 0 Å². The van der Waals surface area contributed by atoms with E-state index in [4.69, 9.17) is 6.57 Å². The Balaban J connectivity index is 2.62. The molecule has 4 heteroatoms. The SMILES string of the molecule is [C-]#[N+]c1cc2c(cc1Br)CC(=O)N2C. The Morgan fingerprint density at radius 3 is 2.93 bits per heavy atom. The molecule has 1 aliphatic rings. The lowest BCUT2D eigenvalue weighted by Gasteiger charge is -2.10. The molecule has 1 heterocycles. The van der Waals surface area contributed by atoms with E-state index in [-0.39, 0.29) is 5.91 Å². The molecule has 3 nitrogen and oxygen atoms in total. The number of fused-ring (bicyclic) bond motifs is 1. The van der Waals surface area contributed by atoms with E-state index in [1.807, 2.05) is 6.07 Å². The molecule has 1 aromatic carbocycles. The highest BCUT2D eigenvalue weighted by molar-refractivity contribution is 9.10. The van der Waals surface area contributed by atoms with Crippen molar-refractivity contribution in [1.29, 1.82) is 0 Å². The minimum absolute atomic E-state index is 0.0778. The van der Waals surface area contributed by atoms with Crippen molar-refractivity contribution < 1.29 is 4.79 Å². The van der Waals surface area contributed by atoms with Crippen molar-refractivity contribution in [2.45, 2.75) is 6.42 Å². The van der Waals surface area contributed by atoms with E-state index in [9.17, 15) is 4.79 Å². The molecular weight excluding hydrogens is 244 g/mol. The van der Waals surface area contributed by atoms with Gasteiger partial charge in [0.2, 0.25) is 11.6 Å². The predicted octanol–water partition coefficient (Wildman–Crippen LogP) is 2.52. The number of nitrogens with zero attached hydrogens (tertiary/aromatic N) is 2. The molecular formula is C10H7BrN2O. The van der Waals surface area contributed by atoms with E-state index < -0.39 is 0 Å². The third-order valence-corrected chi connectivity index (χ3v) is 2.98. The van der Waals surface area contributed by atoms with Gasteiger partial charge in [-0.25, -0.2) is 4.85 Å². The Hall–Kier alpha value is -1.34. The number of amides is 1. The van der Waals surface area contributed by atoms with Gasteiger partial charge in [-0.3, -0.25) is 4.79 Å². The summed E-state index contributed by atoms with van der Waals surface area (Å²) in [6.07, 6.45) is 0.433. The minimum Gasteiger partial charge on any atom is -0.316 e. The number of hydrogen-bond acceptors (Lipinski definition) is 1. The second kappa shape index (κ2) is 3.10. The van der Waals surface area contributed by atoms with Gasteiger partial charge in [0.15, 0.2) is 0 Å². The van der Waals surface area contributed by atoms with Gasteiger partial charge in [-0.15, -0.1) is 0 Å². The second-order valence-electron chi connectivity index (χ2n) is 3.17. The molecule has 0 unspecified atom stereocenters. The molecule has 2 rings (SSSR count). The monoisotopic (exact) mass is 250 g/mol. The molecule has 0 atom stereocenters. The zero-order valence-corrected chi connectivity index (χ0v) is 9.13. The summed E-state index contributed by atoms with van der Waals surface area (Å²) < 4.78 is 0.759. The lowest BCUT2D eigenvalue weighted by molar-refractivity contribution is -0.117. The first-order valence-electron chi connectivity index (χ1n) is 4.10. The van der Waals surface area contributed by atoms with Crippen LogP contribution in [0.25, 0.3) is 4.85 Å². The molecule has 70 valence electrons. The maximum atomic E-state index is 11.4. The number of rotatable bonds is 0. The van der Waals surface area contributed by atoms with Gasteiger partial charge >= 0.3 is 0 Å². The van der Waals surface area contributed by atoms with Gasteiger partial charge in [-0.2, -0.15) is 0 Å². The average Bonchev–Trinajstić information content (AvgIpc) is 2.41. The summed E-state index contributed by atoms with van der Waals surface area (Å²) in [7, 11) is 1.73. The molecule has 0 radical (unpaired) electrons. The Labute approximate surface area is 90.3 Å². The highest BCUT2D eigenvalue weighted by Crippen LogP contribution is 2.36. The van der Waals surface area contributed by atoms with Crippen LogP contribution in [-0.4, -0.2) is 13.0 Å². The van der Waals surface area contributed by atoms with Crippen LogP contribution in [0.1, 0.15) is 5.56 Å². The van der Waals surface area contributed by atoms with Crippen LogP contribution in [0.2, 0.25) is 0 Å². The fourth-order valence-corrected chi connectivity index (χ4v) is 2.03. The Bertz CT molecular complexity index is 462. The molecule has 14 heavy (non-hydrogen) atoms. The highest BCUT2D eigenvalue weighted by Gasteiger charge is 2.24. The van der Waals surface area contributed by atoms with Crippen molar-refractivity contribution >= 4 is 33.2 Å². The lowest BCUT2D eigenvalue weighted by atomic mass is 10.1. The molecule has 0 bridgehead atoms. The van der Waals surface area contributed by atoms with Crippen LogP contribution in [0.15, 0.2) is 16.6 Å². The van der Waals surface area contributed by atoms with E-state index in [1.54, 1.807) is 18.0 Å².